The van der Waals surface area contributed by atoms with Crippen LogP contribution < -0.4 is 0 Å². The minimum Gasteiger partial charge on any atom is -0.381 e. The number of rotatable bonds is 2. The molecular weight excluding hydrogens is 164 g/mol. The third-order valence-electron chi connectivity index (χ3n) is 2.83. The molecule has 13 heavy (non-hydrogen) atoms. The van der Waals surface area contributed by atoms with Gasteiger partial charge in [0.05, 0.1) is 12.1 Å². The molecule has 1 heterocycles. The lowest BCUT2D eigenvalue weighted by Gasteiger charge is -2.28. The van der Waals surface area contributed by atoms with Crippen LogP contribution in [0.15, 0.2) is 18.5 Å². The van der Waals surface area contributed by atoms with Crippen molar-refractivity contribution in [1.29, 1.82) is 0 Å². The molecule has 2 rings (SSSR count). The first-order valence-electron chi connectivity index (χ1n) is 4.92. The van der Waals surface area contributed by atoms with Gasteiger partial charge >= 0.3 is 0 Å². The Hall–Kier alpha value is -0.830. The van der Waals surface area contributed by atoms with Crippen LogP contribution in [-0.4, -0.2) is 23.0 Å². The van der Waals surface area contributed by atoms with Gasteiger partial charge in [-0.1, -0.05) is 0 Å². The Bertz CT molecular complexity index is 245. The molecule has 0 radical (unpaired) electrons. The number of ether oxygens (including phenoxy) is 1. The third-order valence-corrected chi connectivity index (χ3v) is 2.83. The Balaban J connectivity index is 2.00. The zero-order chi connectivity index (χ0) is 9.10. The van der Waals surface area contributed by atoms with Gasteiger partial charge in [-0.3, -0.25) is 4.68 Å². The minimum absolute atomic E-state index is 0.433. The van der Waals surface area contributed by atoms with E-state index in [0.29, 0.717) is 12.1 Å². The molecule has 0 aromatic carbocycles. The molecule has 0 N–H and O–H groups in total. The molecule has 1 aromatic rings. The molecule has 0 saturated heterocycles. The van der Waals surface area contributed by atoms with E-state index in [1.54, 1.807) is 7.11 Å². The van der Waals surface area contributed by atoms with Crippen LogP contribution in [0.25, 0.3) is 0 Å². The highest BCUT2D eigenvalue weighted by molar-refractivity contribution is 4.84. The normalized spacial score (nSPS) is 29.0. The number of hydrogen-bond donors (Lipinski definition) is 0. The zero-order valence-electron chi connectivity index (χ0n) is 8.02. The van der Waals surface area contributed by atoms with Crippen LogP contribution in [-0.2, 0) is 4.74 Å². The predicted octanol–water partition coefficient (Wildman–Crippen LogP) is 2.01. The van der Waals surface area contributed by atoms with Crippen molar-refractivity contribution in [3.8, 4) is 0 Å². The molecule has 1 fully saturated rings. The van der Waals surface area contributed by atoms with Crippen molar-refractivity contribution >= 4 is 0 Å². The van der Waals surface area contributed by atoms with Crippen LogP contribution in [0.5, 0.6) is 0 Å². The summed E-state index contributed by atoms with van der Waals surface area (Å²) in [6, 6.07) is 2.53. The maximum absolute atomic E-state index is 5.38. The van der Waals surface area contributed by atoms with Crippen LogP contribution in [0.2, 0.25) is 0 Å². The van der Waals surface area contributed by atoms with Crippen molar-refractivity contribution in [3.63, 3.8) is 0 Å². The van der Waals surface area contributed by atoms with Crippen molar-refractivity contribution in [2.75, 3.05) is 7.11 Å². The summed E-state index contributed by atoms with van der Waals surface area (Å²) in [5.74, 6) is 0. The van der Waals surface area contributed by atoms with Gasteiger partial charge in [0, 0.05) is 19.5 Å². The molecule has 1 aliphatic rings. The van der Waals surface area contributed by atoms with Crippen LogP contribution in [0, 0.1) is 0 Å². The molecule has 0 amide bonds. The zero-order valence-corrected chi connectivity index (χ0v) is 8.02. The van der Waals surface area contributed by atoms with Crippen molar-refractivity contribution in [2.24, 2.45) is 0 Å². The number of methoxy groups -OCH3 is 1. The molecule has 1 saturated carbocycles. The van der Waals surface area contributed by atoms with E-state index >= 15 is 0 Å². The van der Waals surface area contributed by atoms with Gasteiger partial charge in [0.1, 0.15) is 0 Å². The summed E-state index contributed by atoms with van der Waals surface area (Å²) in [6.45, 7) is 0. The van der Waals surface area contributed by atoms with Crippen LogP contribution in [0.1, 0.15) is 31.7 Å². The topological polar surface area (TPSA) is 27.1 Å². The van der Waals surface area contributed by atoms with Gasteiger partial charge in [0.15, 0.2) is 0 Å². The largest absolute Gasteiger partial charge is 0.381 e. The van der Waals surface area contributed by atoms with E-state index in [4.69, 9.17) is 4.74 Å². The lowest BCUT2D eigenvalue weighted by atomic mass is 9.93. The molecule has 0 bridgehead atoms. The van der Waals surface area contributed by atoms with E-state index in [1.165, 1.54) is 19.3 Å². The summed E-state index contributed by atoms with van der Waals surface area (Å²) in [5, 5.41) is 4.27. The van der Waals surface area contributed by atoms with Gasteiger partial charge in [0.25, 0.3) is 0 Å². The summed E-state index contributed by atoms with van der Waals surface area (Å²) in [4.78, 5) is 0. The summed E-state index contributed by atoms with van der Waals surface area (Å²) in [6.07, 6.45) is 9.12. The first-order valence-corrected chi connectivity index (χ1v) is 4.92. The molecule has 2 atom stereocenters. The Morgan fingerprint density at radius 2 is 2.38 bits per heavy atom. The minimum atomic E-state index is 0.433. The second kappa shape index (κ2) is 3.92. The summed E-state index contributed by atoms with van der Waals surface area (Å²) in [5.41, 5.74) is 0. The second-order valence-corrected chi connectivity index (χ2v) is 3.66. The SMILES string of the molecule is COC1CCCC(n2cccn2)C1. The van der Waals surface area contributed by atoms with Crippen LogP contribution in [0.3, 0.4) is 0 Å². The summed E-state index contributed by atoms with van der Waals surface area (Å²) >= 11 is 0. The first-order chi connectivity index (χ1) is 6.40. The van der Waals surface area contributed by atoms with Gasteiger partial charge in [-0.25, -0.2) is 0 Å². The maximum atomic E-state index is 5.38. The Kier molecular flexibility index (Phi) is 2.64. The monoisotopic (exact) mass is 180 g/mol. The fourth-order valence-electron chi connectivity index (χ4n) is 2.07. The fourth-order valence-corrected chi connectivity index (χ4v) is 2.07. The lowest BCUT2D eigenvalue weighted by Crippen LogP contribution is -2.24. The third kappa shape index (κ3) is 1.91. The molecule has 1 aliphatic carbocycles. The molecule has 72 valence electrons. The van der Waals surface area contributed by atoms with E-state index in [2.05, 4.69) is 9.78 Å². The number of hydrogen-bond acceptors (Lipinski definition) is 2. The lowest BCUT2D eigenvalue weighted by molar-refractivity contribution is 0.0508. The average molecular weight is 180 g/mol. The summed E-state index contributed by atoms with van der Waals surface area (Å²) in [7, 11) is 1.80. The van der Waals surface area contributed by atoms with Gasteiger partial charge in [-0.05, 0) is 31.7 Å². The quantitative estimate of drug-likeness (QED) is 0.696. The van der Waals surface area contributed by atoms with Gasteiger partial charge in [-0.2, -0.15) is 5.10 Å². The van der Waals surface area contributed by atoms with Crippen molar-refractivity contribution < 1.29 is 4.74 Å². The average Bonchev–Trinajstić information content (AvgIpc) is 2.71. The number of nitrogens with zero attached hydrogens (tertiary/aromatic N) is 2. The highest BCUT2D eigenvalue weighted by atomic mass is 16.5. The molecule has 0 spiro atoms. The molecule has 3 heteroatoms. The molecule has 2 unspecified atom stereocenters. The van der Waals surface area contributed by atoms with Crippen molar-refractivity contribution in [2.45, 2.75) is 37.8 Å². The van der Waals surface area contributed by atoms with E-state index in [-0.39, 0.29) is 0 Å². The van der Waals surface area contributed by atoms with E-state index < -0.39 is 0 Å². The fraction of sp³-hybridized carbons (Fsp3) is 0.700. The van der Waals surface area contributed by atoms with Gasteiger partial charge in [0.2, 0.25) is 0 Å². The predicted molar refractivity (Wildman–Crippen MR) is 50.5 cm³/mol. The maximum Gasteiger partial charge on any atom is 0.0591 e. The van der Waals surface area contributed by atoms with Crippen LogP contribution >= 0.6 is 0 Å². The highest BCUT2D eigenvalue weighted by Crippen LogP contribution is 2.28. The Morgan fingerprint density at radius 1 is 1.46 bits per heavy atom. The van der Waals surface area contributed by atoms with E-state index in [0.717, 1.165) is 6.42 Å². The van der Waals surface area contributed by atoms with Gasteiger partial charge in [-0.15, -0.1) is 0 Å². The van der Waals surface area contributed by atoms with Crippen molar-refractivity contribution in [3.05, 3.63) is 18.5 Å². The molecule has 1 aromatic heterocycles. The van der Waals surface area contributed by atoms with E-state index in [1.807, 2.05) is 18.5 Å². The highest BCUT2D eigenvalue weighted by Gasteiger charge is 2.22. The van der Waals surface area contributed by atoms with Gasteiger partial charge < -0.3 is 4.74 Å². The Morgan fingerprint density at radius 3 is 3.08 bits per heavy atom. The molecule has 0 aliphatic heterocycles. The molecular formula is C10H16N2O. The first kappa shape index (κ1) is 8.75. The Labute approximate surface area is 78.7 Å². The second-order valence-electron chi connectivity index (χ2n) is 3.66. The van der Waals surface area contributed by atoms with E-state index in [9.17, 15) is 0 Å². The number of aromatic nitrogens is 2. The summed E-state index contributed by atoms with van der Waals surface area (Å²) < 4.78 is 7.44. The van der Waals surface area contributed by atoms with Crippen molar-refractivity contribution in [1.82, 2.24) is 9.78 Å². The van der Waals surface area contributed by atoms with Crippen LogP contribution in [0.4, 0.5) is 0 Å². The molecule has 3 nitrogen and oxygen atoms in total. The standard InChI is InChI=1S/C10H16N2O/c1-13-10-5-2-4-9(8-10)12-7-3-6-11-12/h3,6-7,9-10H,2,4-5,8H2,1H3. The smallest absolute Gasteiger partial charge is 0.0591 e.